The van der Waals surface area contributed by atoms with Crippen molar-refractivity contribution in [3.05, 3.63) is 22.0 Å². The van der Waals surface area contributed by atoms with Gasteiger partial charge in [0, 0.05) is 0 Å². The molecule has 0 spiro atoms. The Morgan fingerprint density at radius 1 is 1.58 bits per heavy atom. The highest BCUT2D eigenvalue weighted by Gasteiger charge is 2.09. The zero-order valence-electron chi connectivity index (χ0n) is 6.24. The van der Waals surface area contributed by atoms with Crippen LogP contribution in [0.1, 0.15) is 5.76 Å². The van der Waals surface area contributed by atoms with Crippen molar-refractivity contribution in [3.63, 3.8) is 0 Å². The molecule has 2 aromatic rings. The van der Waals surface area contributed by atoms with Gasteiger partial charge in [-0.3, -0.25) is 0 Å². The summed E-state index contributed by atoms with van der Waals surface area (Å²) in [6.45, 7) is 1.89. The first-order chi connectivity index (χ1) is 5.77. The van der Waals surface area contributed by atoms with E-state index in [-0.39, 0.29) is 0 Å². The second-order valence-corrected chi connectivity index (χ2v) is 4.29. The number of aromatic nitrogens is 2. The second kappa shape index (κ2) is 2.99. The molecular weight excluding hydrogens is 240 g/mol. The Morgan fingerprint density at radius 3 is 2.92 bits per heavy atom. The van der Waals surface area contributed by atoms with E-state index in [0.29, 0.717) is 0 Å². The number of halogens is 1. The van der Waals surface area contributed by atoms with Crippen LogP contribution in [-0.4, -0.2) is 9.36 Å². The van der Waals surface area contributed by atoms with E-state index in [4.69, 9.17) is 4.42 Å². The van der Waals surface area contributed by atoms with Crippen molar-refractivity contribution in [1.82, 2.24) is 9.36 Å². The first-order valence-electron chi connectivity index (χ1n) is 3.31. The minimum atomic E-state index is 0.720. The highest BCUT2D eigenvalue weighted by Crippen LogP contribution is 2.24. The third-order valence-corrected chi connectivity index (χ3v) is 2.62. The molecule has 0 aliphatic heterocycles. The van der Waals surface area contributed by atoms with Gasteiger partial charge in [0.05, 0.1) is 11.8 Å². The van der Waals surface area contributed by atoms with Gasteiger partial charge in [-0.15, -0.1) is 0 Å². The first kappa shape index (κ1) is 7.94. The van der Waals surface area contributed by atoms with Gasteiger partial charge in [0.25, 0.3) is 0 Å². The standard InChI is InChI=1S/C7H5BrN2OS/c1-4-5(2-3-11-4)6-9-7(8)12-10-6/h2-3H,1H3. The van der Waals surface area contributed by atoms with Gasteiger partial charge in [0.2, 0.25) is 0 Å². The number of furan rings is 1. The molecule has 5 heteroatoms. The third kappa shape index (κ3) is 1.30. The summed E-state index contributed by atoms with van der Waals surface area (Å²) < 4.78 is 10.1. The molecule has 2 heterocycles. The summed E-state index contributed by atoms with van der Waals surface area (Å²) in [5, 5.41) is 0. The maximum atomic E-state index is 5.14. The van der Waals surface area contributed by atoms with Crippen molar-refractivity contribution in [2.75, 3.05) is 0 Å². The zero-order chi connectivity index (χ0) is 8.55. The number of hydrogen-bond acceptors (Lipinski definition) is 4. The molecule has 3 nitrogen and oxygen atoms in total. The van der Waals surface area contributed by atoms with Crippen molar-refractivity contribution in [3.8, 4) is 11.4 Å². The van der Waals surface area contributed by atoms with Crippen molar-refractivity contribution in [2.45, 2.75) is 6.92 Å². The van der Waals surface area contributed by atoms with E-state index in [1.165, 1.54) is 11.5 Å². The van der Waals surface area contributed by atoms with Gasteiger partial charge in [-0.1, -0.05) is 0 Å². The quantitative estimate of drug-likeness (QED) is 0.775. The van der Waals surface area contributed by atoms with Crippen LogP contribution in [0.4, 0.5) is 0 Å². The van der Waals surface area contributed by atoms with Crippen LogP contribution in [0.5, 0.6) is 0 Å². The molecule has 12 heavy (non-hydrogen) atoms. The number of hydrogen-bond donors (Lipinski definition) is 0. The highest BCUT2D eigenvalue weighted by atomic mass is 79.9. The van der Waals surface area contributed by atoms with E-state index in [2.05, 4.69) is 25.3 Å². The lowest BCUT2D eigenvalue weighted by atomic mass is 10.2. The van der Waals surface area contributed by atoms with Gasteiger partial charge >= 0.3 is 0 Å². The van der Waals surface area contributed by atoms with Crippen LogP contribution in [0.25, 0.3) is 11.4 Å². The fourth-order valence-corrected chi connectivity index (χ4v) is 1.74. The largest absolute Gasteiger partial charge is 0.469 e. The lowest BCUT2D eigenvalue weighted by Crippen LogP contribution is -1.78. The molecule has 0 amide bonds. The Bertz CT molecular complexity index is 396. The van der Waals surface area contributed by atoms with Gasteiger partial charge in [0.15, 0.2) is 9.74 Å². The summed E-state index contributed by atoms with van der Waals surface area (Å²) >= 11 is 4.58. The number of nitrogens with zero attached hydrogens (tertiary/aromatic N) is 2. The van der Waals surface area contributed by atoms with Crippen LogP contribution in [-0.2, 0) is 0 Å². The predicted molar refractivity (Wildman–Crippen MR) is 50.0 cm³/mol. The molecule has 0 unspecified atom stereocenters. The van der Waals surface area contributed by atoms with Crippen molar-refractivity contribution in [1.29, 1.82) is 0 Å². The highest BCUT2D eigenvalue weighted by molar-refractivity contribution is 9.11. The molecule has 0 saturated carbocycles. The van der Waals surface area contributed by atoms with Gasteiger partial charge in [0.1, 0.15) is 5.76 Å². The van der Waals surface area contributed by atoms with Crippen LogP contribution in [0.3, 0.4) is 0 Å². The van der Waals surface area contributed by atoms with Crippen LogP contribution in [0, 0.1) is 6.92 Å². The van der Waals surface area contributed by atoms with Crippen molar-refractivity contribution in [2.24, 2.45) is 0 Å². The van der Waals surface area contributed by atoms with E-state index >= 15 is 0 Å². The second-order valence-electron chi connectivity index (χ2n) is 2.26. The Labute approximate surface area is 81.7 Å². The molecule has 0 radical (unpaired) electrons. The van der Waals surface area contributed by atoms with Crippen LogP contribution in [0.2, 0.25) is 0 Å². The van der Waals surface area contributed by atoms with Gasteiger partial charge in [-0.05, 0) is 40.5 Å². The molecule has 0 aromatic carbocycles. The molecule has 0 atom stereocenters. The normalized spacial score (nSPS) is 10.5. The van der Waals surface area contributed by atoms with E-state index < -0.39 is 0 Å². The lowest BCUT2D eigenvalue weighted by molar-refractivity contribution is 0.535. The predicted octanol–water partition coefficient (Wildman–Crippen LogP) is 2.87. The van der Waals surface area contributed by atoms with Gasteiger partial charge in [-0.2, -0.15) is 4.37 Å². The van der Waals surface area contributed by atoms with E-state index in [1.807, 2.05) is 13.0 Å². The maximum absolute atomic E-state index is 5.14. The minimum Gasteiger partial charge on any atom is -0.469 e. The lowest BCUT2D eigenvalue weighted by Gasteiger charge is -1.88. The smallest absolute Gasteiger partial charge is 0.179 e. The molecular formula is C7H5BrN2OS. The first-order valence-corrected chi connectivity index (χ1v) is 4.87. The molecule has 0 saturated heterocycles. The summed E-state index contributed by atoms with van der Waals surface area (Å²) in [7, 11) is 0. The fraction of sp³-hybridized carbons (Fsp3) is 0.143. The van der Waals surface area contributed by atoms with Gasteiger partial charge < -0.3 is 4.42 Å². The van der Waals surface area contributed by atoms with E-state index in [0.717, 1.165) is 21.1 Å². The Morgan fingerprint density at radius 2 is 2.42 bits per heavy atom. The van der Waals surface area contributed by atoms with E-state index in [1.54, 1.807) is 6.26 Å². The Kier molecular flexibility index (Phi) is 1.98. The van der Waals surface area contributed by atoms with Crippen molar-refractivity contribution < 1.29 is 4.42 Å². The monoisotopic (exact) mass is 244 g/mol. The molecule has 0 bridgehead atoms. The average molecular weight is 245 g/mol. The fourth-order valence-electron chi connectivity index (χ4n) is 0.931. The SMILES string of the molecule is Cc1occc1-c1nsc(Br)n1. The zero-order valence-corrected chi connectivity index (χ0v) is 8.65. The summed E-state index contributed by atoms with van der Waals surface area (Å²) in [4.78, 5) is 4.18. The molecule has 0 N–H and O–H groups in total. The summed E-state index contributed by atoms with van der Waals surface area (Å²) in [6.07, 6.45) is 1.64. The van der Waals surface area contributed by atoms with Crippen LogP contribution in [0.15, 0.2) is 20.7 Å². The van der Waals surface area contributed by atoms with Crippen LogP contribution >= 0.6 is 27.5 Å². The average Bonchev–Trinajstić information content (AvgIpc) is 2.58. The molecule has 0 fully saturated rings. The Hall–Kier alpha value is -0.680. The third-order valence-electron chi connectivity index (χ3n) is 1.50. The molecule has 2 rings (SSSR count). The number of aryl methyl sites for hydroxylation is 1. The Balaban J connectivity index is 2.50. The van der Waals surface area contributed by atoms with Crippen molar-refractivity contribution >= 4 is 27.5 Å². The topological polar surface area (TPSA) is 38.9 Å². The minimum absolute atomic E-state index is 0.720. The molecule has 0 aliphatic carbocycles. The van der Waals surface area contributed by atoms with Crippen LogP contribution < -0.4 is 0 Å². The summed E-state index contributed by atoms with van der Waals surface area (Å²) in [5.74, 6) is 1.57. The molecule has 0 aliphatic rings. The van der Waals surface area contributed by atoms with Gasteiger partial charge in [-0.25, -0.2) is 4.98 Å². The number of rotatable bonds is 1. The maximum Gasteiger partial charge on any atom is 0.179 e. The molecule has 2 aromatic heterocycles. The molecule has 62 valence electrons. The van der Waals surface area contributed by atoms with E-state index in [9.17, 15) is 0 Å². The summed E-state index contributed by atoms with van der Waals surface area (Å²) in [5.41, 5.74) is 0.956. The summed E-state index contributed by atoms with van der Waals surface area (Å²) in [6, 6.07) is 1.86.